The Kier molecular flexibility index (Phi) is 5.92. The summed E-state index contributed by atoms with van der Waals surface area (Å²) < 4.78 is 28.5. The first kappa shape index (κ1) is 19.9. The van der Waals surface area contributed by atoms with E-state index in [1.54, 1.807) is 12.1 Å². The molecule has 0 spiro atoms. The molecule has 3 rings (SSSR count). The Morgan fingerprint density at radius 2 is 1.96 bits per heavy atom. The highest BCUT2D eigenvalue weighted by molar-refractivity contribution is 7.99. The lowest BCUT2D eigenvalue weighted by Gasteiger charge is -2.23. The van der Waals surface area contributed by atoms with Gasteiger partial charge in [-0.1, -0.05) is 27.4 Å². The van der Waals surface area contributed by atoms with Gasteiger partial charge in [0.15, 0.2) is 10.4 Å². The molecule has 0 fully saturated rings. The Labute approximate surface area is 168 Å². The molecule has 0 aromatic heterocycles. The molecule has 5 N–H and O–H groups in total. The summed E-state index contributed by atoms with van der Waals surface area (Å²) in [4.78, 5) is 11.7. The van der Waals surface area contributed by atoms with Crippen molar-refractivity contribution in [1.82, 2.24) is 0 Å². The standard InChI is InChI=1S/C17H18Cl2N4O3S/c18-12-3-2-11(8-13(12)19)23-27(25,26)16-7-10-1-4-17(24)22-14(10)9-15(16)21-6-5-20/h2-3,7-9H,1,4-6,20H2,(H3-,21,22,23,24,25,26). The molecule has 1 unspecified atom stereocenters. The Morgan fingerprint density at radius 3 is 2.67 bits per heavy atom. The van der Waals surface area contributed by atoms with Crippen LogP contribution in [-0.4, -0.2) is 23.5 Å². The van der Waals surface area contributed by atoms with Gasteiger partial charge >= 0.3 is 0 Å². The topological polar surface area (TPSA) is 119 Å². The summed E-state index contributed by atoms with van der Waals surface area (Å²) in [6.45, 7) is 0.700. The van der Waals surface area contributed by atoms with Gasteiger partial charge in [0, 0.05) is 31.3 Å². The predicted octanol–water partition coefficient (Wildman–Crippen LogP) is 3.26. The normalized spacial score (nSPS) is 15.5. The average molecular weight is 429 g/mol. The lowest BCUT2D eigenvalue weighted by Crippen LogP contribution is -2.26. The van der Waals surface area contributed by atoms with Crippen molar-refractivity contribution in [2.75, 3.05) is 28.4 Å². The van der Waals surface area contributed by atoms with Gasteiger partial charge in [0.25, 0.3) is 0 Å². The van der Waals surface area contributed by atoms with Crippen molar-refractivity contribution < 1.29 is 13.6 Å². The fourth-order valence-corrected chi connectivity index (χ4v) is 4.31. The quantitative estimate of drug-likeness (QED) is 0.526. The van der Waals surface area contributed by atoms with Crippen molar-refractivity contribution >= 4 is 56.6 Å². The molecule has 27 heavy (non-hydrogen) atoms. The molecule has 0 saturated heterocycles. The number of hydrogen-bond acceptors (Lipinski definition) is 5. The van der Waals surface area contributed by atoms with Crippen LogP contribution in [0.2, 0.25) is 10.0 Å². The molecule has 1 heterocycles. The highest BCUT2D eigenvalue weighted by Gasteiger charge is 2.28. The van der Waals surface area contributed by atoms with Gasteiger partial charge in [-0.25, -0.2) is 4.72 Å². The van der Waals surface area contributed by atoms with E-state index in [-0.39, 0.29) is 15.8 Å². The van der Waals surface area contributed by atoms with E-state index in [0.29, 0.717) is 48.0 Å². The number of carbonyl (C=O) groups is 1. The minimum Gasteiger partial charge on any atom is -0.588 e. The molecule has 0 bridgehead atoms. The van der Waals surface area contributed by atoms with E-state index < -0.39 is 10.4 Å². The first-order chi connectivity index (χ1) is 12.8. The molecule has 1 aliphatic heterocycles. The summed E-state index contributed by atoms with van der Waals surface area (Å²) in [6, 6.07) is 7.65. The third kappa shape index (κ3) is 4.53. The van der Waals surface area contributed by atoms with E-state index in [1.165, 1.54) is 18.2 Å². The van der Waals surface area contributed by atoms with Gasteiger partial charge in [0.05, 0.1) is 21.4 Å². The van der Waals surface area contributed by atoms with E-state index in [1.807, 2.05) is 0 Å². The van der Waals surface area contributed by atoms with Crippen molar-refractivity contribution in [2.24, 2.45) is 5.73 Å². The van der Waals surface area contributed by atoms with E-state index in [9.17, 15) is 13.6 Å². The zero-order valence-electron chi connectivity index (χ0n) is 14.2. The lowest BCUT2D eigenvalue weighted by atomic mass is 10.0. The molecule has 1 aliphatic rings. The number of hydrogen-bond donors (Lipinski definition) is 4. The Bertz CT molecular complexity index is 939. The van der Waals surface area contributed by atoms with Crippen LogP contribution in [0.15, 0.2) is 35.2 Å². The SMILES string of the molecule is NCCNc1cc2c(cc1[S+](=O)([O-])Nc1ccc(Cl)c(Cl)c1)CCC(=O)N2. The summed E-state index contributed by atoms with van der Waals surface area (Å²) in [7, 11) is -3.92. The summed E-state index contributed by atoms with van der Waals surface area (Å²) in [6.07, 6.45) is 0.774. The zero-order valence-corrected chi connectivity index (χ0v) is 16.5. The number of anilines is 3. The van der Waals surface area contributed by atoms with Crippen LogP contribution >= 0.6 is 23.2 Å². The summed E-state index contributed by atoms with van der Waals surface area (Å²) in [5, 5.41) is 6.33. The third-order valence-corrected chi connectivity index (χ3v) is 6.18. The molecule has 144 valence electrons. The number of nitrogens with two attached hydrogens (primary N) is 1. The second-order valence-electron chi connectivity index (χ2n) is 6.00. The summed E-state index contributed by atoms with van der Waals surface area (Å²) in [5.74, 6) is -0.100. The first-order valence-corrected chi connectivity index (χ1v) is 10.4. The first-order valence-electron chi connectivity index (χ1n) is 8.19. The van der Waals surface area contributed by atoms with Crippen LogP contribution in [0.3, 0.4) is 0 Å². The molecule has 1 atom stereocenters. The van der Waals surface area contributed by atoms with Gasteiger partial charge in [-0.15, -0.1) is 0 Å². The molecule has 1 amide bonds. The van der Waals surface area contributed by atoms with Crippen LogP contribution < -0.4 is 21.1 Å². The number of aryl methyl sites for hydroxylation is 1. The largest absolute Gasteiger partial charge is 0.588 e. The van der Waals surface area contributed by atoms with Crippen molar-refractivity contribution in [3.63, 3.8) is 0 Å². The van der Waals surface area contributed by atoms with Gasteiger partial charge in [-0.3, -0.25) is 4.79 Å². The molecule has 0 aliphatic carbocycles. The van der Waals surface area contributed by atoms with Crippen LogP contribution in [0.25, 0.3) is 0 Å². The second-order valence-corrected chi connectivity index (χ2v) is 8.47. The second kappa shape index (κ2) is 8.04. The molecule has 0 saturated carbocycles. The van der Waals surface area contributed by atoms with Crippen molar-refractivity contribution in [1.29, 1.82) is 0 Å². The fourth-order valence-electron chi connectivity index (χ4n) is 2.74. The van der Waals surface area contributed by atoms with Gasteiger partial charge in [0.2, 0.25) is 10.8 Å². The fraction of sp³-hybridized carbons (Fsp3) is 0.235. The Hall–Kier alpha value is -1.84. The molecule has 2 aromatic carbocycles. The summed E-state index contributed by atoms with van der Waals surface area (Å²) >= 11 is 11.8. The van der Waals surface area contributed by atoms with Crippen LogP contribution in [0.1, 0.15) is 12.0 Å². The van der Waals surface area contributed by atoms with E-state index in [0.717, 1.165) is 5.56 Å². The molecule has 10 heteroatoms. The number of rotatable bonds is 6. The molecular formula is C17H18Cl2N4O3S. The van der Waals surface area contributed by atoms with Crippen LogP contribution in [-0.2, 0) is 25.8 Å². The number of halogens is 2. The molecule has 7 nitrogen and oxygen atoms in total. The maximum absolute atomic E-state index is 13.0. The number of benzene rings is 2. The summed E-state index contributed by atoms with van der Waals surface area (Å²) in [5.41, 5.74) is 7.52. The average Bonchev–Trinajstić information content (AvgIpc) is 2.62. The highest BCUT2D eigenvalue weighted by atomic mass is 35.5. The Morgan fingerprint density at radius 1 is 1.19 bits per heavy atom. The highest BCUT2D eigenvalue weighted by Crippen LogP contribution is 2.35. The Balaban J connectivity index is 2.00. The molecule has 0 radical (unpaired) electrons. The van der Waals surface area contributed by atoms with Crippen LogP contribution in [0.4, 0.5) is 17.1 Å². The third-order valence-electron chi connectivity index (χ3n) is 4.02. The number of sulfonamides is 1. The van der Waals surface area contributed by atoms with Gasteiger partial charge < -0.3 is 20.9 Å². The van der Waals surface area contributed by atoms with E-state index in [2.05, 4.69) is 15.4 Å². The van der Waals surface area contributed by atoms with Gasteiger partial charge in [0.1, 0.15) is 0 Å². The van der Waals surface area contributed by atoms with Gasteiger partial charge in [-0.2, -0.15) is 0 Å². The maximum Gasteiger partial charge on any atom is 0.224 e. The van der Waals surface area contributed by atoms with Crippen molar-refractivity contribution in [3.05, 3.63) is 45.9 Å². The number of fused-ring (bicyclic) bond motifs is 1. The zero-order chi connectivity index (χ0) is 19.6. The van der Waals surface area contributed by atoms with Crippen LogP contribution in [0, 0.1) is 0 Å². The lowest BCUT2D eigenvalue weighted by molar-refractivity contribution is -0.116. The maximum atomic E-state index is 13.0. The molecular weight excluding hydrogens is 411 g/mol. The monoisotopic (exact) mass is 428 g/mol. The van der Waals surface area contributed by atoms with Crippen molar-refractivity contribution in [2.45, 2.75) is 17.7 Å². The van der Waals surface area contributed by atoms with Gasteiger partial charge in [-0.05, 0) is 36.2 Å². The van der Waals surface area contributed by atoms with E-state index in [4.69, 9.17) is 28.9 Å². The number of nitrogens with one attached hydrogen (secondary N) is 3. The molecule has 2 aromatic rings. The number of amides is 1. The predicted molar refractivity (Wildman–Crippen MR) is 108 cm³/mol. The van der Waals surface area contributed by atoms with Crippen molar-refractivity contribution in [3.8, 4) is 0 Å². The minimum absolute atomic E-state index is 0.0666. The minimum atomic E-state index is -3.92. The number of carbonyl (C=O) groups excluding carboxylic acids is 1. The van der Waals surface area contributed by atoms with E-state index >= 15 is 0 Å². The smallest absolute Gasteiger partial charge is 0.224 e. The van der Waals surface area contributed by atoms with Crippen LogP contribution in [0.5, 0.6) is 0 Å².